The molecule has 0 amide bonds. The number of pyridine rings is 1. The molecule has 36 heavy (non-hydrogen) atoms. The molecule has 0 aliphatic rings. The number of sulfonamides is 1. The number of anilines is 1. The average molecular weight is 531 g/mol. The zero-order chi connectivity index (χ0) is 25.8. The van der Waals surface area contributed by atoms with Crippen LogP contribution in [0.25, 0.3) is 17.0 Å². The van der Waals surface area contributed by atoms with Crippen molar-refractivity contribution in [2.45, 2.75) is 24.8 Å². The lowest BCUT2D eigenvalue weighted by atomic mass is 10.0. The van der Waals surface area contributed by atoms with Crippen molar-refractivity contribution in [3.8, 4) is 0 Å². The fourth-order valence-corrected chi connectivity index (χ4v) is 4.49. The molecule has 186 valence electrons. The topological polar surface area (TPSA) is 59.1 Å². The van der Waals surface area contributed by atoms with Gasteiger partial charge in [-0.25, -0.2) is 0 Å². The third-order valence-electron chi connectivity index (χ3n) is 5.55. The van der Waals surface area contributed by atoms with E-state index in [0.717, 1.165) is 40.6 Å². The summed E-state index contributed by atoms with van der Waals surface area (Å²) in [7, 11) is -5.49. The van der Waals surface area contributed by atoms with Gasteiger partial charge in [-0.15, -0.1) is 0 Å². The molecule has 0 atom stereocenters. The molecule has 1 heterocycles. The molecule has 0 bridgehead atoms. The number of fused-ring (bicyclic) bond motifs is 1. The molecule has 0 saturated carbocycles. The molecule has 0 aliphatic carbocycles. The number of hydrogen-bond acceptors (Lipinski definition) is 3. The number of aromatic nitrogens is 1. The highest BCUT2D eigenvalue weighted by Gasteiger charge is 2.46. The van der Waals surface area contributed by atoms with Crippen molar-refractivity contribution in [1.29, 1.82) is 0 Å². The van der Waals surface area contributed by atoms with E-state index >= 15 is 0 Å². The fourth-order valence-electron chi connectivity index (χ4n) is 3.72. The van der Waals surface area contributed by atoms with Gasteiger partial charge in [0.1, 0.15) is 0 Å². The average Bonchev–Trinajstić information content (AvgIpc) is 2.83. The third-order valence-corrected chi connectivity index (χ3v) is 6.88. The van der Waals surface area contributed by atoms with Crippen LogP contribution in [-0.2, 0) is 29.3 Å². The summed E-state index contributed by atoms with van der Waals surface area (Å²) in [4.78, 5) is 4.69. The second-order valence-corrected chi connectivity index (χ2v) is 10.3. The van der Waals surface area contributed by atoms with Gasteiger partial charge < -0.3 is 0 Å². The largest absolute Gasteiger partial charge is 0.516 e. The molecule has 1 N–H and O–H groups in total. The summed E-state index contributed by atoms with van der Waals surface area (Å²) in [5.74, 6) is 0. The van der Waals surface area contributed by atoms with Crippen molar-refractivity contribution in [2.24, 2.45) is 0 Å². The van der Waals surface area contributed by atoms with Crippen LogP contribution in [0.5, 0.6) is 0 Å². The highest BCUT2D eigenvalue weighted by molar-refractivity contribution is 7.93. The SMILES string of the molecule is O=S(=O)(Nc1ccccc1CC=Cc1cccc(CCc2ccc3ccc(Cl)cc3n2)c1)C(F)(F)F. The number of allylic oxidation sites excluding steroid dienone is 1. The van der Waals surface area contributed by atoms with Gasteiger partial charge >= 0.3 is 15.5 Å². The van der Waals surface area contributed by atoms with Gasteiger partial charge in [0.15, 0.2) is 0 Å². The molecule has 0 fully saturated rings. The van der Waals surface area contributed by atoms with Crippen LogP contribution in [0.15, 0.2) is 84.9 Å². The lowest BCUT2D eigenvalue weighted by molar-refractivity contribution is -0.0429. The molecule has 3 aromatic carbocycles. The first kappa shape index (κ1) is 25.7. The second-order valence-electron chi connectivity index (χ2n) is 8.20. The van der Waals surface area contributed by atoms with Gasteiger partial charge in [0.05, 0.1) is 11.2 Å². The maximum atomic E-state index is 12.7. The first-order chi connectivity index (χ1) is 17.1. The van der Waals surface area contributed by atoms with Crippen LogP contribution < -0.4 is 4.72 Å². The summed E-state index contributed by atoms with van der Waals surface area (Å²) in [6.45, 7) is 0. The summed E-state index contributed by atoms with van der Waals surface area (Å²) in [6.07, 6.45) is 5.43. The number of para-hydroxylation sites is 1. The standard InChI is InChI=1S/C27H22ClF3N2O2S/c28-23-14-12-22-13-16-24(32-26(22)18-23)15-11-20-6-3-5-19(17-20)7-4-9-21-8-1-2-10-25(21)33-36(34,35)27(29,30)31/h1-8,10,12-14,16-18,33H,9,11,15H2. The van der Waals surface area contributed by atoms with E-state index in [9.17, 15) is 21.6 Å². The van der Waals surface area contributed by atoms with E-state index in [1.807, 2.05) is 60.7 Å². The van der Waals surface area contributed by atoms with E-state index in [-0.39, 0.29) is 12.1 Å². The number of hydrogen-bond donors (Lipinski definition) is 1. The van der Waals surface area contributed by atoms with Gasteiger partial charge in [0.2, 0.25) is 0 Å². The molecule has 0 spiro atoms. The second kappa shape index (κ2) is 10.7. The summed E-state index contributed by atoms with van der Waals surface area (Å²) in [5, 5.41) is 1.68. The Labute approximate surface area is 212 Å². The number of nitrogens with one attached hydrogen (secondary N) is 1. The number of benzene rings is 3. The third kappa shape index (κ3) is 6.44. The van der Waals surface area contributed by atoms with Gasteiger partial charge in [-0.1, -0.05) is 78.4 Å². The Hall–Kier alpha value is -3.36. The van der Waals surface area contributed by atoms with Gasteiger partial charge in [-0.2, -0.15) is 21.6 Å². The highest BCUT2D eigenvalue weighted by atomic mass is 35.5. The molecule has 0 saturated heterocycles. The van der Waals surface area contributed by atoms with Crippen molar-refractivity contribution in [2.75, 3.05) is 4.72 Å². The smallest absolute Gasteiger partial charge is 0.276 e. The van der Waals surface area contributed by atoms with Crippen molar-refractivity contribution < 1.29 is 21.6 Å². The van der Waals surface area contributed by atoms with Gasteiger partial charge in [0.25, 0.3) is 0 Å². The molecule has 4 nitrogen and oxygen atoms in total. The molecular weight excluding hydrogens is 509 g/mol. The predicted octanol–water partition coefficient (Wildman–Crippen LogP) is 7.19. The Morgan fingerprint density at radius 1 is 0.917 bits per heavy atom. The molecule has 4 aromatic rings. The number of halogens is 4. The van der Waals surface area contributed by atoms with E-state index in [2.05, 4.69) is 4.98 Å². The molecule has 0 unspecified atom stereocenters. The lowest BCUT2D eigenvalue weighted by Gasteiger charge is -2.13. The first-order valence-corrected chi connectivity index (χ1v) is 12.9. The molecule has 9 heteroatoms. The van der Waals surface area contributed by atoms with E-state index < -0.39 is 15.5 Å². The van der Waals surface area contributed by atoms with E-state index in [1.54, 1.807) is 22.9 Å². The Kier molecular flexibility index (Phi) is 7.66. The minimum Gasteiger partial charge on any atom is -0.276 e. The number of alkyl halides is 3. The van der Waals surface area contributed by atoms with Crippen LogP contribution in [0, 0.1) is 0 Å². The zero-order valence-corrected chi connectivity index (χ0v) is 20.5. The molecule has 0 aliphatic heterocycles. The van der Waals surface area contributed by atoms with Gasteiger partial charge in [-0.05, 0) is 60.2 Å². The van der Waals surface area contributed by atoms with Crippen LogP contribution in [0.3, 0.4) is 0 Å². The number of aryl methyl sites for hydroxylation is 2. The molecule has 1 aromatic heterocycles. The molecule has 4 rings (SSSR count). The summed E-state index contributed by atoms with van der Waals surface area (Å²) in [6, 6.07) is 23.6. The van der Waals surface area contributed by atoms with Crippen LogP contribution in [0.1, 0.15) is 22.4 Å². The maximum absolute atomic E-state index is 12.7. The van der Waals surface area contributed by atoms with Gasteiger partial charge in [-0.3, -0.25) is 9.71 Å². The first-order valence-electron chi connectivity index (χ1n) is 11.1. The monoisotopic (exact) mass is 530 g/mol. The highest BCUT2D eigenvalue weighted by Crippen LogP contribution is 2.27. The van der Waals surface area contributed by atoms with Crippen LogP contribution >= 0.6 is 11.6 Å². The van der Waals surface area contributed by atoms with Crippen molar-refractivity contribution in [1.82, 2.24) is 4.98 Å². The van der Waals surface area contributed by atoms with E-state index in [1.165, 1.54) is 12.1 Å². The van der Waals surface area contributed by atoms with Crippen molar-refractivity contribution >= 4 is 44.3 Å². The molecule has 0 radical (unpaired) electrons. The Bertz CT molecular complexity index is 1520. The summed E-state index contributed by atoms with van der Waals surface area (Å²) >= 11 is 6.08. The van der Waals surface area contributed by atoms with Crippen LogP contribution in [0.2, 0.25) is 5.02 Å². The number of nitrogens with zero attached hydrogens (tertiary/aromatic N) is 1. The van der Waals surface area contributed by atoms with Crippen LogP contribution in [-0.4, -0.2) is 18.9 Å². The minimum atomic E-state index is -5.49. The maximum Gasteiger partial charge on any atom is 0.516 e. The summed E-state index contributed by atoms with van der Waals surface area (Å²) in [5.41, 5.74) is -1.19. The lowest BCUT2D eigenvalue weighted by Crippen LogP contribution is -2.30. The molecular formula is C27H22ClF3N2O2S. The Morgan fingerprint density at radius 2 is 1.69 bits per heavy atom. The Balaban J connectivity index is 1.41. The predicted molar refractivity (Wildman–Crippen MR) is 138 cm³/mol. The quantitative estimate of drug-likeness (QED) is 0.262. The van der Waals surface area contributed by atoms with Crippen molar-refractivity contribution in [3.63, 3.8) is 0 Å². The summed E-state index contributed by atoms with van der Waals surface area (Å²) < 4.78 is 62.8. The zero-order valence-electron chi connectivity index (χ0n) is 19.0. The van der Waals surface area contributed by atoms with E-state index in [0.29, 0.717) is 10.6 Å². The number of rotatable bonds is 8. The van der Waals surface area contributed by atoms with Gasteiger partial charge in [0, 0.05) is 16.1 Å². The van der Waals surface area contributed by atoms with Crippen LogP contribution in [0.4, 0.5) is 18.9 Å². The fraction of sp³-hybridized carbons (Fsp3) is 0.148. The van der Waals surface area contributed by atoms with E-state index in [4.69, 9.17) is 11.6 Å². The normalized spacial score (nSPS) is 12.3. The Morgan fingerprint density at radius 3 is 2.50 bits per heavy atom. The minimum absolute atomic E-state index is 0.0996. The van der Waals surface area contributed by atoms with Crippen molar-refractivity contribution in [3.05, 3.63) is 112 Å².